The second-order valence-corrected chi connectivity index (χ2v) is 3.54. The summed E-state index contributed by atoms with van der Waals surface area (Å²) in [7, 11) is 0. The molecule has 0 heterocycles. The quantitative estimate of drug-likeness (QED) is 0.545. The molecule has 0 fully saturated rings. The molecule has 0 saturated heterocycles. The zero-order valence-electron chi connectivity index (χ0n) is 8.72. The largest absolute Gasteiger partial charge is 0.504 e. The van der Waals surface area contributed by atoms with Crippen LogP contribution in [0.2, 0.25) is 0 Å². The number of anilines is 1. The van der Waals surface area contributed by atoms with Gasteiger partial charge in [0.1, 0.15) is 0 Å². The van der Waals surface area contributed by atoms with Gasteiger partial charge in [0, 0.05) is 18.3 Å². The lowest BCUT2D eigenvalue weighted by atomic mass is 10.2. The van der Waals surface area contributed by atoms with Crippen molar-refractivity contribution in [3.05, 3.63) is 54.1 Å². The van der Waals surface area contributed by atoms with Crippen molar-refractivity contribution in [2.24, 2.45) is 0 Å². The van der Waals surface area contributed by atoms with E-state index in [0.29, 0.717) is 6.54 Å². The Balaban J connectivity index is 2.03. The van der Waals surface area contributed by atoms with E-state index < -0.39 is 0 Å². The van der Waals surface area contributed by atoms with E-state index in [0.717, 1.165) is 11.3 Å². The molecule has 0 radical (unpaired) electrons. The van der Waals surface area contributed by atoms with E-state index in [1.807, 2.05) is 30.3 Å². The number of rotatable bonds is 3. The molecule has 0 aliphatic rings. The third-order valence-corrected chi connectivity index (χ3v) is 2.31. The summed E-state index contributed by atoms with van der Waals surface area (Å²) in [6.45, 7) is 0.686. The van der Waals surface area contributed by atoms with Gasteiger partial charge in [0.05, 0.1) is 0 Å². The lowest BCUT2D eigenvalue weighted by Crippen LogP contribution is -1.98. The molecule has 2 aromatic carbocycles. The van der Waals surface area contributed by atoms with E-state index in [9.17, 15) is 5.11 Å². The number of phenols is 2. The molecule has 0 aromatic heterocycles. The van der Waals surface area contributed by atoms with Gasteiger partial charge in [-0.05, 0) is 17.7 Å². The van der Waals surface area contributed by atoms with E-state index in [4.69, 9.17) is 5.11 Å². The Morgan fingerprint density at radius 2 is 1.62 bits per heavy atom. The normalized spacial score (nSPS) is 10.0. The van der Waals surface area contributed by atoms with E-state index in [1.54, 1.807) is 6.07 Å². The average Bonchev–Trinajstić information content (AvgIpc) is 2.32. The van der Waals surface area contributed by atoms with Gasteiger partial charge in [-0.25, -0.2) is 0 Å². The first-order valence-electron chi connectivity index (χ1n) is 5.05. The summed E-state index contributed by atoms with van der Waals surface area (Å²) in [5.41, 5.74) is 1.94. The molecule has 2 rings (SSSR count). The van der Waals surface area contributed by atoms with Crippen molar-refractivity contribution in [2.45, 2.75) is 6.54 Å². The molecule has 3 heteroatoms. The van der Waals surface area contributed by atoms with Gasteiger partial charge in [0.2, 0.25) is 0 Å². The highest BCUT2D eigenvalue weighted by molar-refractivity contribution is 5.53. The van der Waals surface area contributed by atoms with Crippen LogP contribution in [0.3, 0.4) is 0 Å². The number of aromatic hydroxyl groups is 2. The molecule has 0 aliphatic carbocycles. The van der Waals surface area contributed by atoms with Gasteiger partial charge in [-0.2, -0.15) is 0 Å². The van der Waals surface area contributed by atoms with Crippen LogP contribution in [0.4, 0.5) is 5.69 Å². The van der Waals surface area contributed by atoms with Gasteiger partial charge in [-0.1, -0.05) is 30.3 Å². The van der Waals surface area contributed by atoms with Crippen LogP contribution >= 0.6 is 0 Å². The van der Waals surface area contributed by atoms with Crippen molar-refractivity contribution >= 4 is 5.69 Å². The maximum Gasteiger partial charge on any atom is 0.159 e. The molecule has 3 N–H and O–H groups in total. The lowest BCUT2D eigenvalue weighted by Gasteiger charge is -2.07. The highest BCUT2D eigenvalue weighted by atomic mass is 16.3. The predicted octanol–water partition coefficient (Wildman–Crippen LogP) is 2.71. The van der Waals surface area contributed by atoms with Crippen molar-refractivity contribution in [3.8, 4) is 11.5 Å². The number of hydrogen-bond donors (Lipinski definition) is 3. The van der Waals surface area contributed by atoms with E-state index >= 15 is 0 Å². The molecular formula is C13H13NO2. The van der Waals surface area contributed by atoms with Crippen LogP contribution in [-0.2, 0) is 6.54 Å². The maximum absolute atomic E-state index is 9.31. The summed E-state index contributed by atoms with van der Waals surface area (Å²) in [5.74, 6) is -0.219. The van der Waals surface area contributed by atoms with Crippen molar-refractivity contribution < 1.29 is 10.2 Å². The number of nitrogens with one attached hydrogen (secondary N) is 1. The van der Waals surface area contributed by atoms with Gasteiger partial charge >= 0.3 is 0 Å². The minimum Gasteiger partial charge on any atom is -0.504 e. The average molecular weight is 215 g/mol. The molecule has 16 heavy (non-hydrogen) atoms. The molecule has 3 nitrogen and oxygen atoms in total. The zero-order chi connectivity index (χ0) is 11.4. The smallest absolute Gasteiger partial charge is 0.159 e. The van der Waals surface area contributed by atoms with Crippen LogP contribution in [0.15, 0.2) is 48.5 Å². The third-order valence-electron chi connectivity index (χ3n) is 2.31. The minimum absolute atomic E-state index is 0.106. The van der Waals surface area contributed by atoms with Gasteiger partial charge in [0.15, 0.2) is 11.5 Å². The van der Waals surface area contributed by atoms with E-state index in [-0.39, 0.29) is 11.5 Å². The van der Waals surface area contributed by atoms with E-state index in [2.05, 4.69) is 5.32 Å². The monoisotopic (exact) mass is 215 g/mol. The Morgan fingerprint density at radius 1 is 0.875 bits per heavy atom. The lowest BCUT2D eigenvalue weighted by molar-refractivity contribution is 0.404. The number of phenolic OH excluding ortho intramolecular Hbond substituents is 2. The van der Waals surface area contributed by atoms with Gasteiger partial charge in [-0.3, -0.25) is 0 Å². The fourth-order valence-electron chi connectivity index (χ4n) is 1.43. The molecule has 0 atom stereocenters. The molecular weight excluding hydrogens is 202 g/mol. The van der Waals surface area contributed by atoms with Crippen LogP contribution in [0.5, 0.6) is 11.5 Å². The summed E-state index contributed by atoms with van der Waals surface area (Å²) in [5, 5.41) is 21.6. The fourth-order valence-corrected chi connectivity index (χ4v) is 1.43. The van der Waals surface area contributed by atoms with Gasteiger partial charge in [0.25, 0.3) is 0 Å². The molecule has 0 aliphatic heterocycles. The molecule has 0 saturated carbocycles. The third kappa shape index (κ3) is 2.45. The van der Waals surface area contributed by atoms with E-state index in [1.165, 1.54) is 12.1 Å². The molecule has 2 aromatic rings. The van der Waals surface area contributed by atoms with Crippen LogP contribution in [0.25, 0.3) is 0 Å². The summed E-state index contributed by atoms with van der Waals surface area (Å²) >= 11 is 0. The first kappa shape index (κ1) is 10.4. The second-order valence-electron chi connectivity index (χ2n) is 3.54. The fraction of sp³-hybridized carbons (Fsp3) is 0.0769. The highest BCUT2D eigenvalue weighted by Crippen LogP contribution is 2.27. The predicted molar refractivity (Wildman–Crippen MR) is 63.5 cm³/mol. The standard InChI is InChI=1S/C13H13NO2/c15-12-7-6-11(8-13(12)16)14-9-10-4-2-1-3-5-10/h1-8,14-16H,9H2. The Kier molecular flexibility index (Phi) is 2.96. The summed E-state index contributed by atoms with van der Waals surface area (Å²) < 4.78 is 0. The maximum atomic E-state index is 9.31. The molecule has 0 unspecified atom stereocenters. The Morgan fingerprint density at radius 3 is 2.31 bits per heavy atom. The summed E-state index contributed by atoms with van der Waals surface area (Å²) in [6.07, 6.45) is 0. The van der Waals surface area contributed by atoms with Crippen LogP contribution in [0.1, 0.15) is 5.56 Å². The summed E-state index contributed by atoms with van der Waals surface area (Å²) in [6, 6.07) is 14.6. The highest BCUT2D eigenvalue weighted by Gasteiger charge is 1.99. The first-order valence-corrected chi connectivity index (χ1v) is 5.05. The number of hydrogen-bond acceptors (Lipinski definition) is 3. The Labute approximate surface area is 94.0 Å². The molecule has 0 amide bonds. The van der Waals surface area contributed by atoms with Crippen LogP contribution < -0.4 is 5.32 Å². The SMILES string of the molecule is Oc1ccc(NCc2ccccc2)cc1O. The molecule has 0 spiro atoms. The number of benzene rings is 2. The van der Waals surface area contributed by atoms with Crippen LogP contribution in [-0.4, -0.2) is 10.2 Å². The zero-order valence-corrected chi connectivity index (χ0v) is 8.72. The van der Waals surface area contributed by atoms with Gasteiger partial charge in [-0.15, -0.1) is 0 Å². The van der Waals surface area contributed by atoms with Crippen molar-refractivity contribution in [1.29, 1.82) is 0 Å². The molecule has 0 bridgehead atoms. The van der Waals surface area contributed by atoms with Crippen molar-refractivity contribution in [2.75, 3.05) is 5.32 Å². The Bertz CT molecular complexity index is 469. The van der Waals surface area contributed by atoms with Crippen molar-refractivity contribution in [3.63, 3.8) is 0 Å². The van der Waals surface area contributed by atoms with Gasteiger partial charge < -0.3 is 15.5 Å². The van der Waals surface area contributed by atoms with Crippen molar-refractivity contribution in [1.82, 2.24) is 0 Å². The minimum atomic E-state index is -0.113. The molecule has 82 valence electrons. The first-order chi connectivity index (χ1) is 7.75. The topological polar surface area (TPSA) is 52.5 Å². The Hall–Kier alpha value is -2.16. The van der Waals surface area contributed by atoms with Crippen LogP contribution in [0, 0.1) is 0 Å². The summed E-state index contributed by atoms with van der Waals surface area (Å²) in [4.78, 5) is 0. The second kappa shape index (κ2) is 4.57.